The quantitative estimate of drug-likeness (QED) is 0.725. The van der Waals surface area contributed by atoms with Crippen molar-refractivity contribution in [3.05, 3.63) is 0 Å². The van der Waals surface area contributed by atoms with E-state index in [1.54, 1.807) is 0 Å². The number of piperidine rings is 1. The lowest BCUT2D eigenvalue weighted by Gasteiger charge is -2.44. The van der Waals surface area contributed by atoms with Crippen LogP contribution in [0.1, 0.15) is 51.9 Å². The minimum atomic E-state index is -0.113. The number of likely N-dealkylation sites (tertiary alicyclic amines) is 1. The lowest BCUT2D eigenvalue weighted by Crippen LogP contribution is -2.56. The predicted molar refractivity (Wildman–Crippen MR) is 81.9 cm³/mol. The standard InChI is InChI=1S/C16H31N3O/c1-16(8-9-17-12-16)19-10-6-13(7-11-19)18-14-4-2-3-5-15(14)20/h13-15,17-18,20H,2-12H2,1H3/t14?,15-,16?/m0/s1. The number of hydrogen-bond acceptors (Lipinski definition) is 4. The number of rotatable bonds is 3. The van der Waals surface area contributed by atoms with Crippen molar-refractivity contribution in [1.29, 1.82) is 0 Å². The summed E-state index contributed by atoms with van der Waals surface area (Å²) in [5, 5.41) is 17.3. The van der Waals surface area contributed by atoms with Crippen molar-refractivity contribution in [1.82, 2.24) is 15.5 Å². The van der Waals surface area contributed by atoms with Crippen molar-refractivity contribution in [2.24, 2.45) is 0 Å². The number of nitrogens with zero attached hydrogens (tertiary/aromatic N) is 1. The van der Waals surface area contributed by atoms with Gasteiger partial charge in [0.2, 0.25) is 0 Å². The van der Waals surface area contributed by atoms with Gasteiger partial charge in [-0.1, -0.05) is 12.8 Å². The molecule has 0 radical (unpaired) electrons. The van der Waals surface area contributed by atoms with Crippen LogP contribution in [0.3, 0.4) is 0 Å². The van der Waals surface area contributed by atoms with Crippen molar-refractivity contribution >= 4 is 0 Å². The fraction of sp³-hybridized carbons (Fsp3) is 1.00. The van der Waals surface area contributed by atoms with Crippen LogP contribution in [0, 0.1) is 0 Å². The Morgan fingerprint density at radius 1 is 1.15 bits per heavy atom. The molecule has 116 valence electrons. The molecule has 3 fully saturated rings. The molecule has 1 aliphatic carbocycles. The van der Waals surface area contributed by atoms with Crippen molar-refractivity contribution in [3.8, 4) is 0 Å². The third-order valence-corrected chi connectivity index (χ3v) is 5.78. The first-order chi connectivity index (χ1) is 9.67. The maximum Gasteiger partial charge on any atom is 0.0693 e. The van der Waals surface area contributed by atoms with Gasteiger partial charge in [-0.25, -0.2) is 0 Å². The topological polar surface area (TPSA) is 47.5 Å². The van der Waals surface area contributed by atoms with Gasteiger partial charge in [0, 0.05) is 37.3 Å². The maximum atomic E-state index is 10.1. The van der Waals surface area contributed by atoms with Crippen LogP contribution in [0.5, 0.6) is 0 Å². The molecule has 0 aromatic heterocycles. The highest BCUT2D eigenvalue weighted by atomic mass is 16.3. The van der Waals surface area contributed by atoms with Gasteiger partial charge in [-0.05, 0) is 45.6 Å². The number of aliphatic hydroxyl groups is 1. The first kappa shape index (κ1) is 14.8. The lowest BCUT2D eigenvalue weighted by atomic mass is 9.90. The summed E-state index contributed by atoms with van der Waals surface area (Å²) < 4.78 is 0. The van der Waals surface area contributed by atoms with Crippen LogP contribution in [0.15, 0.2) is 0 Å². The third kappa shape index (κ3) is 3.19. The fourth-order valence-electron chi connectivity index (χ4n) is 4.27. The Hall–Kier alpha value is -0.160. The first-order valence-electron chi connectivity index (χ1n) is 8.57. The van der Waals surface area contributed by atoms with Crippen LogP contribution in [-0.2, 0) is 0 Å². The molecule has 4 heteroatoms. The molecular weight excluding hydrogens is 250 g/mol. The van der Waals surface area contributed by atoms with Gasteiger partial charge < -0.3 is 15.7 Å². The zero-order valence-electron chi connectivity index (χ0n) is 12.9. The summed E-state index contributed by atoms with van der Waals surface area (Å²) in [4.78, 5) is 2.68. The molecule has 3 aliphatic rings. The number of nitrogens with one attached hydrogen (secondary N) is 2. The summed E-state index contributed by atoms with van der Waals surface area (Å²) in [5.74, 6) is 0. The number of hydrogen-bond donors (Lipinski definition) is 3. The van der Waals surface area contributed by atoms with E-state index in [1.165, 1.54) is 51.7 Å². The monoisotopic (exact) mass is 281 g/mol. The van der Waals surface area contributed by atoms with E-state index in [4.69, 9.17) is 0 Å². The minimum Gasteiger partial charge on any atom is -0.392 e. The highest BCUT2D eigenvalue weighted by molar-refractivity contribution is 4.96. The Morgan fingerprint density at radius 3 is 2.55 bits per heavy atom. The van der Waals surface area contributed by atoms with Crippen molar-refractivity contribution < 1.29 is 5.11 Å². The molecule has 2 unspecified atom stereocenters. The van der Waals surface area contributed by atoms with Crippen LogP contribution >= 0.6 is 0 Å². The van der Waals surface area contributed by atoms with E-state index >= 15 is 0 Å². The molecule has 2 heterocycles. The number of aliphatic hydroxyl groups excluding tert-OH is 1. The normalized spacial score (nSPS) is 41.1. The van der Waals surface area contributed by atoms with E-state index in [0.717, 1.165) is 19.4 Å². The average Bonchev–Trinajstić information content (AvgIpc) is 2.90. The van der Waals surface area contributed by atoms with Crippen LogP contribution in [0.25, 0.3) is 0 Å². The van der Waals surface area contributed by atoms with Gasteiger partial charge in [0.05, 0.1) is 6.10 Å². The molecule has 0 spiro atoms. The summed E-state index contributed by atoms with van der Waals surface area (Å²) in [5.41, 5.74) is 0.384. The molecule has 0 amide bonds. The highest BCUT2D eigenvalue weighted by Crippen LogP contribution is 2.27. The van der Waals surface area contributed by atoms with Crippen LogP contribution in [0.2, 0.25) is 0 Å². The highest BCUT2D eigenvalue weighted by Gasteiger charge is 2.37. The molecule has 0 bridgehead atoms. The fourth-order valence-corrected chi connectivity index (χ4v) is 4.27. The van der Waals surface area contributed by atoms with E-state index in [2.05, 4.69) is 22.5 Å². The second kappa shape index (κ2) is 6.30. The van der Waals surface area contributed by atoms with Crippen LogP contribution < -0.4 is 10.6 Å². The van der Waals surface area contributed by atoms with E-state index in [9.17, 15) is 5.11 Å². The van der Waals surface area contributed by atoms with E-state index in [0.29, 0.717) is 17.6 Å². The Bertz CT molecular complexity index is 309. The van der Waals surface area contributed by atoms with Crippen molar-refractivity contribution in [2.75, 3.05) is 26.2 Å². The molecule has 0 aromatic carbocycles. The third-order valence-electron chi connectivity index (χ3n) is 5.78. The van der Waals surface area contributed by atoms with Gasteiger partial charge in [0.15, 0.2) is 0 Å². The summed E-state index contributed by atoms with van der Waals surface area (Å²) in [6, 6.07) is 0.964. The van der Waals surface area contributed by atoms with Gasteiger partial charge in [0.1, 0.15) is 0 Å². The molecule has 4 nitrogen and oxygen atoms in total. The summed E-state index contributed by atoms with van der Waals surface area (Å²) >= 11 is 0. The average molecular weight is 281 g/mol. The Labute approximate surface area is 123 Å². The van der Waals surface area contributed by atoms with E-state index < -0.39 is 0 Å². The molecular formula is C16H31N3O. The van der Waals surface area contributed by atoms with Gasteiger partial charge in [-0.15, -0.1) is 0 Å². The maximum absolute atomic E-state index is 10.1. The molecule has 0 aromatic rings. The molecule has 3 N–H and O–H groups in total. The molecule has 20 heavy (non-hydrogen) atoms. The SMILES string of the molecule is CC1(N2CCC(NC3CCCC[C@@H]3O)CC2)CCNC1. The predicted octanol–water partition coefficient (Wildman–Crippen LogP) is 1.10. The van der Waals surface area contributed by atoms with Gasteiger partial charge >= 0.3 is 0 Å². The second-order valence-electron chi connectivity index (χ2n) is 7.31. The van der Waals surface area contributed by atoms with Crippen molar-refractivity contribution in [2.45, 2.75) is 75.6 Å². The molecule has 3 rings (SSSR count). The minimum absolute atomic E-state index is 0.113. The van der Waals surface area contributed by atoms with Crippen LogP contribution in [0.4, 0.5) is 0 Å². The van der Waals surface area contributed by atoms with Gasteiger partial charge in [0.25, 0.3) is 0 Å². The summed E-state index contributed by atoms with van der Waals surface area (Å²) in [7, 11) is 0. The Kier molecular flexibility index (Phi) is 4.65. The Morgan fingerprint density at radius 2 is 1.90 bits per heavy atom. The largest absolute Gasteiger partial charge is 0.392 e. The van der Waals surface area contributed by atoms with Crippen LogP contribution in [-0.4, -0.2) is 59.9 Å². The zero-order chi connectivity index (χ0) is 14.0. The molecule has 1 saturated carbocycles. The van der Waals surface area contributed by atoms with E-state index in [1.807, 2.05) is 0 Å². The van der Waals surface area contributed by atoms with Gasteiger partial charge in [-0.2, -0.15) is 0 Å². The molecule has 2 saturated heterocycles. The first-order valence-corrected chi connectivity index (χ1v) is 8.57. The Balaban J connectivity index is 1.46. The zero-order valence-corrected chi connectivity index (χ0v) is 12.9. The smallest absolute Gasteiger partial charge is 0.0693 e. The summed E-state index contributed by atoms with van der Waals surface area (Å²) in [6.45, 7) is 7.14. The molecule has 2 aliphatic heterocycles. The summed E-state index contributed by atoms with van der Waals surface area (Å²) in [6.07, 6.45) is 8.26. The van der Waals surface area contributed by atoms with Crippen molar-refractivity contribution in [3.63, 3.8) is 0 Å². The van der Waals surface area contributed by atoms with E-state index in [-0.39, 0.29) is 6.10 Å². The lowest BCUT2D eigenvalue weighted by molar-refractivity contribution is 0.0565. The second-order valence-corrected chi connectivity index (χ2v) is 7.31. The molecule has 3 atom stereocenters. The van der Waals surface area contributed by atoms with Gasteiger partial charge in [-0.3, -0.25) is 4.90 Å².